The van der Waals surface area contributed by atoms with E-state index in [1.54, 1.807) is 29.3 Å². The van der Waals surface area contributed by atoms with Crippen molar-refractivity contribution in [1.82, 2.24) is 14.8 Å². The zero-order valence-electron chi connectivity index (χ0n) is 15.6. The molecule has 1 N–H and O–H groups in total. The molecule has 0 saturated heterocycles. The number of hydrogen-bond acceptors (Lipinski definition) is 4. The molecule has 4 aromatic rings. The predicted molar refractivity (Wildman–Crippen MR) is 108 cm³/mol. The van der Waals surface area contributed by atoms with Crippen LogP contribution in [-0.2, 0) is 0 Å². The summed E-state index contributed by atoms with van der Waals surface area (Å²) in [5.41, 5.74) is 2.75. The normalized spacial score (nSPS) is 10.8. The number of benzene rings is 2. The van der Waals surface area contributed by atoms with Crippen LogP contribution in [0.2, 0.25) is 0 Å². The standard InChI is InChI=1S/C22H16F2N4O2/c23-22(24)30-18-10-8-16(9-11-18)26-21(29)19-14-28(17-6-2-1-3-7-17)27-20(19)15-5-4-12-25-13-15/h1-14,22H,(H,26,29). The van der Waals surface area contributed by atoms with Crippen molar-refractivity contribution in [2.75, 3.05) is 5.32 Å². The van der Waals surface area contributed by atoms with E-state index in [2.05, 4.69) is 20.1 Å². The summed E-state index contributed by atoms with van der Waals surface area (Å²) in [6.07, 6.45) is 4.91. The molecule has 0 fully saturated rings. The van der Waals surface area contributed by atoms with Gasteiger partial charge in [-0.3, -0.25) is 9.78 Å². The fourth-order valence-electron chi connectivity index (χ4n) is 2.89. The van der Waals surface area contributed by atoms with Crippen LogP contribution in [0.5, 0.6) is 5.75 Å². The minimum atomic E-state index is -2.91. The zero-order chi connectivity index (χ0) is 20.9. The Morgan fingerprint density at radius 2 is 1.77 bits per heavy atom. The van der Waals surface area contributed by atoms with E-state index in [0.29, 0.717) is 22.5 Å². The number of alkyl halides is 2. The van der Waals surface area contributed by atoms with Crippen molar-refractivity contribution < 1.29 is 18.3 Å². The Balaban J connectivity index is 1.65. The second kappa shape index (κ2) is 8.52. The number of carbonyl (C=O) groups excluding carboxylic acids is 1. The third-order valence-electron chi connectivity index (χ3n) is 4.25. The van der Waals surface area contributed by atoms with Gasteiger partial charge in [0.1, 0.15) is 11.4 Å². The fraction of sp³-hybridized carbons (Fsp3) is 0.0455. The van der Waals surface area contributed by atoms with Crippen LogP contribution in [0.15, 0.2) is 85.3 Å². The van der Waals surface area contributed by atoms with Crippen LogP contribution >= 0.6 is 0 Å². The molecule has 0 aliphatic heterocycles. The first-order valence-electron chi connectivity index (χ1n) is 9.02. The summed E-state index contributed by atoms with van der Waals surface area (Å²) in [5.74, 6) is -0.380. The highest BCUT2D eigenvalue weighted by Crippen LogP contribution is 2.25. The second-order valence-electron chi connectivity index (χ2n) is 6.27. The molecule has 0 aliphatic rings. The van der Waals surface area contributed by atoms with E-state index >= 15 is 0 Å². The van der Waals surface area contributed by atoms with Gasteiger partial charge in [0.05, 0.1) is 11.3 Å². The minimum Gasteiger partial charge on any atom is -0.435 e. The maximum absolute atomic E-state index is 13.0. The number of amides is 1. The van der Waals surface area contributed by atoms with Gasteiger partial charge in [0.2, 0.25) is 0 Å². The summed E-state index contributed by atoms with van der Waals surface area (Å²) >= 11 is 0. The molecule has 0 bridgehead atoms. The summed E-state index contributed by atoms with van der Waals surface area (Å²) in [6, 6.07) is 18.7. The third kappa shape index (κ3) is 4.33. The van der Waals surface area contributed by atoms with Crippen molar-refractivity contribution in [3.63, 3.8) is 0 Å². The van der Waals surface area contributed by atoms with Crippen molar-refractivity contribution in [1.29, 1.82) is 0 Å². The molecule has 0 unspecified atom stereocenters. The largest absolute Gasteiger partial charge is 0.435 e. The number of halogens is 2. The lowest BCUT2D eigenvalue weighted by Gasteiger charge is -2.07. The van der Waals surface area contributed by atoms with Gasteiger partial charge in [-0.2, -0.15) is 13.9 Å². The van der Waals surface area contributed by atoms with Crippen molar-refractivity contribution in [3.05, 3.63) is 90.9 Å². The smallest absolute Gasteiger partial charge is 0.387 e. The molecule has 0 radical (unpaired) electrons. The number of ether oxygens (including phenoxy) is 1. The van der Waals surface area contributed by atoms with Gasteiger partial charge >= 0.3 is 6.61 Å². The van der Waals surface area contributed by atoms with E-state index < -0.39 is 12.5 Å². The van der Waals surface area contributed by atoms with E-state index in [4.69, 9.17) is 0 Å². The predicted octanol–water partition coefficient (Wildman–Crippen LogP) is 4.79. The van der Waals surface area contributed by atoms with Gasteiger partial charge in [-0.05, 0) is 48.5 Å². The van der Waals surface area contributed by atoms with Crippen molar-refractivity contribution >= 4 is 11.6 Å². The molecule has 6 nitrogen and oxygen atoms in total. The van der Waals surface area contributed by atoms with Crippen molar-refractivity contribution in [2.45, 2.75) is 6.61 Å². The molecule has 0 spiro atoms. The molecule has 30 heavy (non-hydrogen) atoms. The molecule has 2 heterocycles. The monoisotopic (exact) mass is 406 g/mol. The number of hydrogen-bond donors (Lipinski definition) is 1. The number of pyridine rings is 1. The van der Waals surface area contributed by atoms with Crippen LogP contribution in [0.1, 0.15) is 10.4 Å². The maximum atomic E-state index is 13.0. The Morgan fingerprint density at radius 1 is 1.00 bits per heavy atom. The highest BCUT2D eigenvalue weighted by atomic mass is 19.3. The summed E-state index contributed by atoms with van der Waals surface area (Å²) in [5, 5.41) is 7.33. The first-order valence-corrected chi connectivity index (χ1v) is 9.02. The van der Waals surface area contributed by atoms with E-state index in [-0.39, 0.29) is 5.75 Å². The van der Waals surface area contributed by atoms with Crippen LogP contribution in [0, 0.1) is 0 Å². The molecular weight excluding hydrogens is 390 g/mol. The second-order valence-corrected chi connectivity index (χ2v) is 6.27. The molecule has 150 valence electrons. The lowest BCUT2D eigenvalue weighted by atomic mass is 10.1. The average Bonchev–Trinajstić information content (AvgIpc) is 3.22. The van der Waals surface area contributed by atoms with Crippen molar-refractivity contribution in [2.24, 2.45) is 0 Å². The van der Waals surface area contributed by atoms with Crippen LogP contribution in [0.25, 0.3) is 16.9 Å². The average molecular weight is 406 g/mol. The molecule has 4 rings (SSSR count). The number of nitrogens with zero attached hydrogens (tertiary/aromatic N) is 3. The Morgan fingerprint density at radius 3 is 2.43 bits per heavy atom. The van der Waals surface area contributed by atoms with Gasteiger partial charge in [0.15, 0.2) is 0 Å². The topological polar surface area (TPSA) is 69.0 Å². The Kier molecular flexibility index (Phi) is 5.47. The van der Waals surface area contributed by atoms with Gasteiger partial charge in [0, 0.05) is 29.8 Å². The number of para-hydroxylation sites is 1. The van der Waals surface area contributed by atoms with E-state index in [1.165, 1.54) is 24.3 Å². The highest BCUT2D eigenvalue weighted by molar-refractivity contribution is 6.08. The summed E-state index contributed by atoms with van der Waals surface area (Å²) in [7, 11) is 0. The third-order valence-corrected chi connectivity index (χ3v) is 4.25. The number of aromatic nitrogens is 3. The number of rotatable bonds is 6. The highest BCUT2D eigenvalue weighted by Gasteiger charge is 2.19. The van der Waals surface area contributed by atoms with E-state index in [9.17, 15) is 13.6 Å². The summed E-state index contributed by atoms with van der Waals surface area (Å²) in [4.78, 5) is 17.1. The van der Waals surface area contributed by atoms with Crippen LogP contribution in [-0.4, -0.2) is 27.3 Å². The lowest BCUT2D eigenvalue weighted by molar-refractivity contribution is -0.0498. The molecule has 0 aliphatic carbocycles. The van der Waals surface area contributed by atoms with E-state index in [0.717, 1.165) is 5.69 Å². The zero-order valence-corrected chi connectivity index (χ0v) is 15.6. The lowest BCUT2D eigenvalue weighted by Crippen LogP contribution is -2.12. The number of carbonyl (C=O) groups is 1. The minimum absolute atomic E-state index is 0.0101. The quantitative estimate of drug-likeness (QED) is 0.500. The molecule has 0 saturated carbocycles. The van der Waals surface area contributed by atoms with Crippen LogP contribution in [0.4, 0.5) is 14.5 Å². The van der Waals surface area contributed by atoms with Crippen LogP contribution in [0.3, 0.4) is 0 Å². The summed E-state index contributed by atoms with van der Waals surface area (Å²) < 4.78 is 30.5. The van der Waals surface area contributed by atoms with Crippen molar-refractivity contribution in [3.8, 4) is 22.7 Å². The molecule has 8 heteroatoms. The molecule has 1 amide bonds. The maximum Gasteiger partial charge on any atom is 0.387 e. The first-order chi connectivity index (χ1) is 14.6. The first kappa shape index (κ1) is 19.3. The molecule has 2 aromatic heterocycles. The number of nitrogens with one attached hydrogen (secondary N) is 1. The van der Waals surface area contributed by atoms with Crippen LogP contribution < -0.4 is 10.1 Å². The van der Waals surface area contributed by atoms with Gasteiger partial charge in [-0.1, -0.05) is 18.2 Å². The summed E-state index contributed by atoms with van der Waals surface area (Å²) in [6.45, 7) is -2.91. The molecular formula is C22H16F2N4O2. The fourth-order valence-corrected chi connectivity index (χ4v) is 2.89. The Hall–Kier alpha value is -4.07. The van der Waals surface area contributed by atoms with Gasteiger partial charge < -0.3 is 10.1 Å². The van der Waals surface area contributed by atoms with E-state index in [1.807, 2.05) is 36.4 Å². The molecule has 2 aromatic carbocycles. The SMILES string of the molecule is O=C(Nc1ccc(OC(F)F)cc1)c1cn(-c2ccccc2)nc1-c1cccnc1. The molecule has 0 atom stereocenters. The Labute approximate surface area is 170 Å². The van der Waals surface area contributed by atoms with Gasteiger partial charge in [-0.15, -0.1) is 0 Å². The van der Waals surface area contributed by atoms with Gasteiger partial charge in [0.25, 0.3) is 5.91 Å². The van der Waals surface area contributed by atoms with Gasteiger partial charge in [-0.25, -0.2) is 4.68 Å². The number of anilines is 1. The Bertz CT molecular complexity index is 1130.